The molecule has 0 amide bonds. The minimum atomic E-state index is -2.30. The van der Waals surface area contributed by atoms with E-state index in [0.29, 0.717) is 0 Å². The van der Waals surface area contributed by atoms with Crippen molar-refractivity contribution in [1.29, 1.82) is 0 Å². The Morgan fingerprint density at radius 1 is 0.564 bits per heavy atom. The third kappa shape index (κ3) is 7.30. The SMILES string of the molecule is CC(C)N=P(c1ccccc1)(c1ccccc1)c1ccccc1P(c1ccccc1)c1ccccc1.[Br][Ni][Br]. The van der Waals surface area contributed by atoms with Gasteiger partial charge < -0.3 is 0 Å². The summed E-state index contributed by atoms with van der Waals surface area (Å²) in [6.45, 7) is 4.42. The average molecular weight is 722 g/mol. The zero-order valence-electron chi connectivity index (χ0n) is 21.8. The predicted molar refractivity (Wildman–Crippen MR) is 179 cm³/mol. The minimum absolute atomic E-state index is 0.187. The Hall–Kier alpha value is -1.79. The zero-order chi connectivity index (χ0) is 27.5. The second kappa shape index (κ2) is 15.3. The summed E-state index contributed by atoms with van der Waals surface area (Å²) >= 11 is 6.00. The molecule has 0 aliphatic heterocycles. The molecular weight excluding hydrogens is 691 g/mol. The van der Waals surface area contributed by atoms with E-state index in [0.717, 1.165) is 0 Å². The van der Waals surface area contributed by atoms with Crippen LogP contribution in [-0.2, 0) is 10.9 Å². The first-order valence-electron chi connectivity index (χ1n) is 12.7. The summed E-state index contributed by atoms with van der Waals surface area (Å²) in [6.07, 6.45) is 0. The van der Waals surface area contributed by atoms with Crippen LogP contribution in [0.3, 0.4) is 0 Å². The molecule has 0 unspecified atom stereocenters. The van der Waals surface area contributed by atoms with Crippen molar-refractivity contribution in [3.05, 3.63) is 146 Å². The van der Waals surface area contributed by atoms with Gasteiger partial charge in [-0.3, -0.25) is 4.74 Å². The molecule has 0 aromatic heterocycles. The van der Waals surface area contributed by atoms with Crippen LogP contribution in [0.4, 0.5) is 0 Å². The van der Waals surface area contributed by atoms with Gasteiger partial charge in [0.2, 0.25) is 0 Å². The van der Waals surface area contributed by atoms with Crippen molar-refractivity contribution in [1.82, 2.24) is 0 Å². The van der Waals surface area contributed by atoms with Gasteiger partial charge in [-0.1, -0.05) is 146 Å². The van der Waals surface area contributed by atoms with E-state index in [4.69, 9.17) is 4.74 Å². The van der Waals surface area contributed by atoms with Gasteiger partial charge in [-0.2, -0.15) is 0 Å². The maximum atomic E-state index is 5.67. The van der Waals surface area contributed by atoms with E-state index in [1.165, 1.54) is 42.7 Å². The first kappa shape index (κ1) is 30.2. The molecule has 202 valence electrons. The standard InChI is InChI=1S/C33H31NP2.2BrH.Ni/c1-27(2)34-36(30-21-11-5-12-22-30,31-23-13-6-14-24-31)33-26-16-15-25-32(33)35(28-17-7-3-8-18-28)29-19-9-4-10-20-29;;;/h3-27H,1-2H3;2*1H;/q;;;+2/p-2. The van der Waals surface area contributed by atoms with Gasteiger partial charge in [0, 0.05) is 22.0 Å². The molecule has 0 saturated heterocycles. The van der Waals surface area contributed by atoms with Crippen LogP contribution in [0.5, 0.6) is 0 Å². The molecule has 0 N–H and O–H groups in total. The topological polar surface area (TPSA) is 12.4 Å². The third-order valence-corrected chi connectivity index (χ3v) is 12.8. The van der Waals surface area contributed by atoms with Gasteiger partial charge in [-0.05, 0) is 37.7 Å². The fourth-order valence-corrected chi connectivity index (χ4v) is 11.7. The first-order valence-corrected chi connectivity index (χ1v) is 20.6. The maximum absolute atomic E-state index is 5.67. The Morgan fingerprint density at radius 3 is 1.33 bits per heavy atom. The molecule has 5 aromatic carbocycles. The molecule has 0 atom stereocenters. The van der Waals surface area contributed by atoms with Crippen molar-refractivity contribution in [2.45, 2.75) is 19.9 Å². The Kier molecular flexibility index (Phi) is 11.8. The molecular formula is C33H31Br2NNiP2. The Labute approximate surface area is 254 Å². The fraction of sp³-hybridized carbons (Fsp3) is 0.0909. The molecule has 0 fully saturated rings. The van der Waals surface area contributed by atoms with Crippen LogP contribution in [0.2, 0.25) is 0 Å². The van der Waals surface area contributed by atoms with Gasteiger partial charge in [0.1, 0.15) is 0 Å². The second-order valence-corrected chi connectivity index (χ2v) is 19.2. The molecule has 5 rings (SSSR count). The Bertz CT molecular complexity index is 1400. The third-order valence-electron chi connectivity index (χ3n) is 6.16. The van der Waals surface area contributed by atoms with E-state index in [-0.39, 0.29) is 6.04 Å². The number of hydrogen-bond acceptors (Lipinski definition) is 1. The summed E-state index contributed by atoms with van der Waals surface area (Å²) in [5, 5.41) is 8.05. The van der Waals surface area contributed by atoms with Gasteiger partial charge in [0.05, 0.1) is 7.05 Å². The molecule has 0 heterocycles. The summed E-state index contributed by atoms with van der Waals surface area (Å²) in [4.78, 5) is 0. The van der Waals surface area contributed by atoms with E-state index < -0.39 is 15.0 Å². The molecule has 0 bridgehead atoms. The molecule has 1 nitrogen and oxygen atoms in total. The number of hydrogen-bond donors (Lipinski definition) is 0. The average Bonchev–Trinajstić information content (AvgIpc) is 2.99. The van der Waals surface area contributed by atoms with E-state index in [1.54, 1.807) is 0 Å². The van der Waals surface area contributed by atoms with Crippen molar-refractivity contribution in [2.75, 3.05) is 0 Å². The van der Waals surface area contributed by atoms with Gasteiger partial charge in [-0.25, -0.2) is 0 Å². The van der Waals surface area contributed by atoms with Crippen molar-refractivity contribution in [2.24, 2.45) is 4.74 Å². The molecule has 0 spiro atoms. The molecule has 0 aliphatic rings. The van der Waals surface area contributed by atoms with Gasteiger partial charge in [-0.15, -0.1) is 0 Å². The quantitative estimate of drug-likeness (QED) is 0.119. The van der Waals surface area contributed by atoms with E-state index in [1.807, 2.05) is 0 Å². The molecule has 0 radical (unpaired) electrons. The molecule has 6 heteroatoms. The molecule has 5 aromatic rings. The normalized spacial score (nSPS) is 11.2. The van der Waals surface area contributed by atoms with Crippen LogP contribution in [-0.4, -0.2) is 6.04 Å². The summed E-state index contributed by atoms with van der Waals surface area (Å²) in [5.41, 5.74) is 0. The number of halogens is 2. The molecule has 39 heavy (non-hydrogen) atoms. The summed E-state index contributed by atoms with van der Waals surface area (Å²) < 4.78 is 5.67. The summed E-state index contributed by atoms with van der Waals surface area (Å²) in [5.74, 6) is 0. The van der Waals surface area contributed by atoms with Crippen molar-refractivity contribution in [3.63, 3.8) is 0 Å². The van der Waals surface area contributed by atoms with Crippen LogP contribution >= 0.6 is 43.4 Å². The van der Waals surface area contributed by atoms with Crippen molar-refractivity contribution >= 4 is 75.3 Å². The van der Waals surface area contributed by atoms with Crippen molar-refractivity contribution in [3.8, 4) is 0 Å². The van der Waals surface area contributed by atoms with E-state index in [9.17, 15) is 0 Å². The number of benzene rings is 5. The van der Waals surface area contributed by atoms with Crippen LogP contribution in [0.25, 0.3) is 0 Å². The molecule has 0 saturated carbocycles. The molecule has 0 aliphatic carbocycles. The van der Waals surface area contributed by atoms with Crippen LogP contribution < -0.4 is 31.8 Å². The van der Waals surface area contributed by atoms with Crippen LogP contribution in [0.15, 0.2) is 150 Å². The van der Waals surface area contributed by atoms with Gasteiger partial charge >= 0.3 is 39.3 Å². The fourth-order valence-electron chi connectivity index (χ4n) is 4.76. The van der Waals surface area contributed by atoms with E-state index in [2.05, 4.69) is 188 Å². The number of nitrogens with zero attached hydrogens (tertiary/aromatic N) is 1. The Balaban J connectivity index is 0.00000112. The second-order valence-electron chi connectivity index (χ2n) is 9.06. The summed E-state index contributed by atoms with van der Waals surface area (Å²) in [7, 11) is -1.82. The summed E-state index contributed by atoms with van der Waals surface area (Å²) in [6, 6.07) is 53.1. The van der Waals surface area contributed by atoms with E-state index >= 15 is 0 Å². The van der Waals surface area contributed by atoms with Crippen LogP contribution in [0, 0.1) is 0 Å². The first-order chi connectivity index (χ1) is 19.1. The predicted octanol–water partition coefficient (Wildman–Crippen LogP) is 8.02. The Morgan fingerprint density at radius 2 is 0.923 bits per heavy atom. The number of rotatable bonds is 7. The monoisotopic (exact) mass is 719 g/mol. The zero-order valence-corrected chi connectivity index (χ0v) is 27.8. The van der Waals surface area contributed by atoms with Crippen molar-refractivity contribution < 1.29 is 10.9 Å². The van der Waals surface area contributed by atoms with Gasteiger partial charge in [0.15, 0.2) is 0 Å². The van der Waals surface area contributed by atoms with Crippen LogP contribution in [0.1, 0.15) is 13.8 Å². The van der Waals surface area contributed by atoms with Gasteiger partial charge in [0.25, 0.3) is 0 Å².